The summed E-state index contributed by atoms with van der Waals surface area (Å²) in [5.41, 5.74) is 0. The van der Waals surface area contributed by atoms with Gasteiger partial charge in [-0.25, -0.2) is 4.98 Å². The average Bonchev–Trinajstić information content (AvgIpc) is 2.70. The molecule has 1 unspecified atom stereocenters. The van der Waals surface area contributed by atoms with E-state index in [2.05, 4.69) is 26.2 Å². The van der Waals surface area contributed by atoms with Gasteiger partial charge in [0.15, 0.2) is 0 Å². The van der Waals surface area contributed by atoms with Crippen LogP contribution < -0.4 is 5.32 Å². The molecule has 2 heterocycles. The minimum atomic E-state index is 0.639. The van der Waals surface area contributed by atoms with E-state index in [0.29, 0.717) is 5.92 Å². The summed E-state index contributed by atoms with van der Waals surface area (Å²) in [6, 6.07) is 3.96. The molecule has 1 aromatic rings. The van der Waals surface area contributed by atoms with Crippen LogP contribution in [0.1, 0.15) is 6.42 Å². The van der Waals surface area contributed by atoms with Crippen LogP contribution >= 0.6 is 15.9 Å². The van der Waals surface area contributed by atoms with Gasteiger partial charge in [-0.2, -0.15) is 0 Å². The fourth-order valence-electron chi connectivity index (χ4n) is 1.47. The largest absolute Gasteiger partial charge is 0.381 e. The third-order valence-corrected chi connectivity index (χ3v) is 2.79. The smallest absolute Gasteiger partial charge is 0.125 e. The van der Waals surface area contributed by atoms with Crippen molar-refractivity contribution in [2.75, 3.05) is 25.1 Å². The zero-order valence-electron chi connectivity index (χ0n) is 7.87. The van der Waals surface area contributed by atoms with Gasteiger partial charge in [-0.3, -0.25) is 0 Å². The molecule has 1 atom stereocenters. The Hall–Kier alpha value is -0.610. The molecule has 1 N–H and O–H groups in total. The summed E-state index contributed by atoms with van der Waals surface area (Å²) < 4.78 is 6.30. The van der Waals surface area contributed by atoms with Gasteiger partial charge in [-0.05, 0) is 34.5 Å². The lowest BCUT2D eigenvalue weighted by molar-refractivity contribution is 0.187. The third kappa shape index (κ3) is 2.69. The lowest BCUT2D eigenvalue weighted by atomic mass is 10.1. The number of rotatable bonds is 3. The molecule has 14 heavy (non-hydrogen) atoms. The minimum absolute atomic E-state index is 0.639. The van der Waals surface area contributed by atoms with Crippen LogP contribution in [0.15, 0.2) is 22.8 Å². The number of ether oxygens (including phenoxy) is 1. The van der Waals surface area contributed by atoms with Crippen LogP contribution in [0.2, 0.25) is 0 Å². The molecule has 0 radical (unpaired) electrons. The number of hydrogen-bond acceptors (Lipinski definition) is 3. The highest BCUT2D eigenvalue weighted by atomic mass is 79.9. The van der Waals surface area contributed by atoms with Crippen molar-refractivity contribution in [3.8, 4) is 0 Å². The number of nitrogens with one attached hydrogen (secondary N) is 1. The van der Waals surface area contributed by atoms with Gasteiger partial charge in [0.25, 0.3) is 0 Å². The maximum absolute atomic E-state index is 5.30. The predicted molar refractivity (Wildman–Crippen MR) is 59.4 cm³/mol. The first-order chi connectivity index (χ1) is 6.84. The van der Waals surface area contributed by atoms with E-state index >= 15 is 0 Å². The van der Waals surface area contributed by atoms with Gasteiger partial charge in [0, 0.05) is 29.7 Å². The maximum atomic E-state index is 5.30. The molecule has 1 aliphatic heterocycles. The zero-order valence-corrected chi connectivity index (χ0v) is 9.46. The number of hydrogen-bond donors (Lipinski definition) is 1. The lowest BCUT2D eigenvalue weighted by Crippen LogP contribution is -2.14. The van der Waals surface area contributed by atoms with Crippen LogP contribution in [-0.4, -0.2) is 24.7 Å². The summed E-state index contributed by atoms with van der Waals surface area (Å²) >= 11 is 3.35. The molecule has 3 nitrogen and oxygen atoms in total. The highest BCUT2D eigenvalue weighted by Gasteiger charge is 2.14. The van der Waals surface area contributed by atoms with E-state index in [-0.39, 0.29) is 0 Å². The van der Waals surface area contributed by atoms with Crippen molar-refractivity contribution in [2.24, 2.45) is 5.92 Å². The zero-order chi connectivity index (χ0) is 9.80. The van der Waals surface area contributed by atoms with Crippen molar-refractivity contribution in [1.82, 2.24) is 4.98 Å². The molecule has 0 bridgehead atoms. The van der Waals surface area contributed by atoms with Crippen LogP contribution in [0.3, 0.4) is 0 Å². The van der Waals surface area contributed by atoms with E-state index in [1.807, 2.05) is 12.1 Å². The molecule has 1 aliphatic rings. The van der Waals surface area contributed by atoms with Crippen LogP contribution in [0.4, 0.5) is 5.82 Å². The van der Waals surface area contributed by atoms with E-state index < -0.39 is 0 Å². The molecule has 4 heteroatoms. The van der Waals surface area contributed by atoms with Crippen LogP contribution in [0, 0.1) is 5.92 Å². The Labute approximate surface area is 92.0 Å². The summed E-state index contributed by atoms with van der Waals surface area (Å²) in [6.45, 7) is 2.73. The highest BCUT2D eigenvalue weighted by Crippen LogP contribution is 2.14. The second-order valence-electron chi connectivity index (χ2n) is 3.47. The molecule has 0 aliphatic carbocycles. The third-order valence-electron chi connectivity index (χ3n) is 2.32. The van der Waals surface area contributed by atoms with Crippen molar-refractivity contribution in [2.45, 2.75) is 6.42 Å². The molecule has 1 fully saturated rings. The Morgan fingerprint density at radius 2 is 2.50 bits per heavy atom. The quantitative estimate of drug-likeness (QED) is 0.902. The normalized spacial score (nSPS) is 21.1. The van der Waals surface area contributed by atoms with Gasteiger partial charge >= 0.3 is 0 Å². The van der Waals surface area contributed by atoms with E-state index in [1.165, 1.54) is 0 Å². The van der Waals surface area contributed by atoms with Crippen LogP contribution in [-0.2, 0) is 4.74 Å². The fraction of sp³-hybridized carbons (Fsp3) is 0.500. The first-order valence-electron chi connectivity index (χ1n) is 4.78. The van der Waals surface area contributed by atoms with Crippen molar-refractivity contribution in [3.63, 3.8) is 0 Å². The number of aromatic nitrogens is 1. The molecule has 76 valence electrons. The highest BCUT2D eigenvalue weighted by molar-refractivity contribution is 9.10. The van der Waals surface area contributed by atoms with Gasteiger partial charge in [-0.1, -0.05) is 0 Å². The van der Waals surface area contributed by atoms with E-state index in [1.54, 1.807) is 6.20 Å². The van der Waals surface area contributed by atoms with E-state index in [9.17, 15) is 0 Å². The maximum Gasteiger partial charge on any atom is 0.125 e. The van der Waals surface area contributed by atoms with Gasteiger partial charge in [0.2, 0.25) is 0 Å². The number of pyridine rings is 1. The predicted octanol–water partition coefficient (Wildman–Crippen LogP) is 2.29. The molecular weight excluding hydrogens is 244 g/mol. The molecule has 0 amide bonds. The SMILES string of the molecule is Brc1ccc(NCC2CCOC2)nc1. The Balaban J connectivity index is 1.82. The first-order valence-corrected chi connectivity index (χ1v) is 5.57. The monoisotopic (exact) mass is 256 g/mol. The molecule has 1 saturated heterocycles. The number of nitrogens with zero attached hydrogens (tertiary/aromatic N) is 1. The van der Waals surface area contributed by atoms with Crippen molar-refractivity contribution < 1.29 is 4.74 Å². The van der Waals surface area contributed by atoms with Gasteiger partial charge in [0.05, 0.1) is 6.61 Å². The summed E-state index contributed by atoms with van der Waals surface area (Å²) in [7, 11) is 0. The second kappa shape index (κ2) is 4.75. The Bertz CT molecular complexity index is 283. The minimum Gasteiger partial charge on any atom is -0.381 e. The molecule has 0 spiro atoms. The van der Waals surface area contributed by atoms with E-state index in [0.717, 1.165) is 36.5 Å². The van der Waals surface area contributed by atoms with Crippen LogP contribution in [0.25, 0.3) is 0 Å². The topological polar surface area (TPSA) is 34.1 Å². The summed E-state index contributed by atoms with van der Waals surface area (Å²) in [5.74, 6) is 1.57. The standard InChI is InChI=1S/C10H13BrN2O/c11-9-1-2-10(13-6-9)12-5-8-3-4-14-7-8/h1-2,6,8H,3-5,7H2,(H,12,13). The Kier molecular flexibility index (Phi) is 3.37. The summed E-state index contributed by atoms with van der Waals surface area (Å²) in [6.07, 6.45) is 2.96. The van der Waals surface area contributed by atoms with E-state index in [4.69, 9.17) is 4.74 Å². The molecule has 1 aromatic heterocycles. The molecule has 0 saturated carbocycles. The van der Waals surface area contributed by atoms with Crippen molar-refractivity contribution >= 4 is 21.7 Å². The summed E-state index contributed by atoms with van der Waals surface area (Å²) in [4.78, 5) is 4.24. The van der Waals surface area contributed by atoms with Gasteiger partial charge in [0.1, 0.15) is 5.82 Å². The van der Waals surface area contributed by atoms with Crippen molar-refractivity contribution in [1.29, 1.82) is 0 Å². The Morgan fingerprint density at radius 3 is 3.14 bits per heavy atom. The Morgan fingerprint density at radius 1 is 1.57 bits per heavy atom. The van der Waals surface area contributed by atoms with Gasteiger partial charge < -0.3 is 10.1 Å². The lowest BCUT2D eigenvalue weighted by Gasteiger charge is -2.09. The average molecular weight is 257 g/mol. The number of anilines is 1. The molecule has 0 aromatic carbocycles. The summed E-state index contributed by atoms with van der Waals surface area (Å²) in [5, 5.41) is 3.30. The first kappa shape index (κ1) is 9.93. The van der Waals surface area contributed by atoms with Crippen LogP contribution in [0.5, 0.6) is 0 Å². The fourth-order valence-corrected chi connectivity index (χ4v) is 1.71. The van der Waals surface area contributed by atoms with Crippen molar-refractivity contribution in [3.05, 3.63) is 22.8 Å². The second-order valence-corrected chi connectivity index (χ2v) is 4.39. The molecule has 2 rings (SSSR count). The number of halogens is 1. The van der Waals surface area contributed by atoms with Gasteiger partial charge in [-0.15, -0.1) is 0 Å². The molecular formula is C10H13BrN2O.